The third kappa shape index (κ3) is 8.30. The molecule has 0 N–H and O–H groups in total. The van der Waals surface area contributed by atoms with Gasteiger partial charge in [-0.15, -0.1) is 0 Å². The van der Waals surface area contributed by atoms with Gasteiger partial charge in [-0.3, -0.25) is 0 Å². The summed E-state index contributed by atoms with van der Waals surface area (Å²) in [6.45, 7) is 12.9. The quantitative estimate of drug-likeness (QED) is 0.355. The molecule has 0 heterocycles. The first-order valence-corrected chi connectivity index (χ1v) is 10.9. The molecule has 140 valence electrons. The normalized spacial score (nSPS) is 13.3. The Kier molecular flexibility index (Phi) is 12.0. The number of ether oxygens (including phenoxy) is 1. The Morgan fingerprint density at radius 2 is 1.72 bits per heavy atom. The summed E-state index contributed by atoms with van der Waals surface area (Å²) in [6, 6.07) is 5.24. The fraction of sp³-hybridized carbons (Fsp3) is 0.579. The van der Waals surface area contributed by atoms with Crippen molar-refractivity contribution >= 4 is 22.0 Å². The van der Waals surface area contributed by atoms with Crippen LogP contribution < -0.4 is 10.2 Å². The molecule has 25 heavy (non-hydrogen) atoms. The van der Waals surface area contributed by atoms with Gasteiger partial charge >= 0.3 is 21.1 Å². The first-order valence-electron chi connectivity index (χ1n) is 9.01. The molecule has 0 aromatic heterocycles. The molecule has 1 aliphatic rings. The maximum Gasteiger partial charge on any atom is 2.00 e. The van der Waals surface area contributed by atoms with E-state index in [0.717, 1.165) is 43.3 Å². The molecule has 0 saturated heterocycles. The molecule has 1 saturated carbocycles. The zero-order valence-corrected chi connectivity index (χ0v) is 19.5. The van der Waals surface area contributed by atoms with Crippen LogP contribution in [0.15, 0.2) is 23.1 Å². The van der Waals surface area contributed by atoms with E-state index in [9.17, 15) is 8.42 Å². The SMILES string of the molecule is CC.[CH2-]CCB(CC[CH2-])c1cc(S(C)(=O)=O)ccc1OCC1CC1.[W+2]. The van der Waals surface area contributed by atoms with Gasteiger partial charge in [-0.25, -0.2) is 8.42 Å². The summed E-state index contributed by atoms with van der Waals surface area (Å²) in [5, 5.41) is 0. The second-order valence-electron chi connectivity index (χ2n) is 6.21. The van der Waals surface area contributed by atoms with E-state index in [1.165, 1.54) is 19.1 Å². The zero-order valence-electron chi connectivity index (χ0n) is 15.8. The van der Waals surface area contributed by atoms with Crippen molar-refractivity contribution in [3.63, 3.8) is 0 Å². The van der Waals surface area contributed by atoms with Gasteiger partial charge in [0.1, 0.15) is 5.75 Å². The topological polar surface area (TPSA) is 43.4 Å². The third-order valence-corrected chi connectivity index (χ3v) is 5.24. The Labute approximate surface area is 169 Å². The minimum Gasteiger partial charge on any atom is -0.494 e. The predicted octanol–water partition coefficient (Wildman–Crippen LogP) is 4.05. The van der Waals surface area contributed by atoms with Crippen molar-refractivity contribution in [3.05, 3.63) is 32.0 Å². The van der Waals surface area contributed by atoms with Crippen molar-refractivity contribution in [2.75, 3.05) is 12.9 Å². The van der Waals surface area contributed by atoms with Crippen molar-refractivity contribution in [3.8, 4) is 5.75 Å². The summed E-state index contributed by atoms with van der Waals surface area (Å²) in [7, 11) is -3.21. The van der Waals surface area contributed by atoms with Gasteiger partial charge in [0.2, 0.25) is 0 Å². The largest absolute Gasteiger partial charge is 2.00 e. The Morgan fingerprint density at radius 1 is 1.16 bits per heavy atom. The van der Waals surface area contributed by atoms with Crippen LogP contribution in [0.5, 0.6) is 5.75 Å². The molecule has 1 aromatic carbocycles. The molecule has 0 aliphatic heterocycles. The second-order valence-corrected chi connectivity index (χ2v) is 8.22. The average molecular weight is 534 g/mol. The van der Waals surface area contributed by atoms with Crippen LogP contribution in [0.4, 0.5) is 0 Å². The molecule has 0 spiro atoms. The molecule has 6 heteroatoms. The summed E-state index contributed by atoms with van der Waals surface area (Å²) >= 11 is 0. The summed E-state index contributed by atoms with van der Waals surface area (Å²) in [4.78, 5) is 0.361. The Bertz CT molecular complexity index is 595. The van der Waals surface area contributed by atoms with Gasteiger partial charge in [0, 0.05) is 6.26 Å². The Hall–Kier alpha value is -0.277. The summed E-state index contributed by atoms with van der Waals surface area (Å²) in [6.07, 6.45) is 7.18. The molecule has 2 rings (SSSR count). The summed E-state index contributed by atoms with van der Waals surface area (Å²) < 4.78 is 29.7. The van der Waals surface area contributed by atoms with Crippen LogP contribution in [0.1, 0.15) is 39.5 Å². The first kappa shape index (κ1) is 24.7. The maximum atomic E-state index is 11.8. The van der Waals surface area contributed by atoms with E-state index in [1.54, 1.807) is 12.1 Å². The van der Waals surface area contributed by atoms with Crippen molar-refractivity contribution in [1.82, 2.24) is 0 Å². The van der Waals surface area contributed by atoms with Crippen molar-refractivity contribution < 1.29 is 34.2 Å². The van der Waals surface area contributed by atoms with Gasteiger partial charge in [-0.2, -0.15) is 12.8 Å². The van der Waals surface area contributed by atoms with Gasteiger partial charge in [0.25, 0.3) is 0 Å². The minimum atomic E-state index is -3.21. The third-order valence-electron chi connectivity index (χ3n) is 4.13. The smallest absolute Gasteiger partial charge is 0.494 e. The fourth-order valence-electron chi connectivity index (χ4n) is 2.65. The average Bonchev–Trinajstić information content (AvgIpc) is 3.38. The van der Waals surface area contributed by atoms with E-state index >= 15 is 0 Å². The summed E-state index contributed by atoms with van der Waals surface area (Å²) in [5.41, 5.74) is 0.996. The molecule has 0 radical (unpaired) electrons. The monoisotopic (exact) mass is 534 g/mol. The van der Waals surface area contributed by atoms with Crippen LogP contribution in [0.25, 0.3) is 0 Å². The van der Waals surface area contributed by atoms with Crippen LogP contribution in [0.3, 0.4) is 0 Å². The standard InChI is InChI=1S/C17H25BO3S.C2H6.W/c1-4-10-18(11-5-2)16-12-15(22(3,19)20)8-9-17(16)21-13-14-6-7-14;1-2;/h8-9,12,14H,1-2,4-7,10-11,13H2,3H3;1-2H3;/q-2;;+2. The summed E-state index contributed by atoms with van der Waals surface area (Å²) in [5.74, 6) is 1.49. The Morgan fingerprint density at radius 3 is 2.16 bits per heavy atom. The molecule has 0 amide bonds. The molecular formula is C19H31BO3SW. The van der Waals surface area contributed by atoms with E-state index in [1.807, 2.05) is 19.9 Å². The Balaban J connectivity index is 0.00000185. The molecule has 0 bridgehead atoms. The number of sulfone groups is 1. The second kappa shape index (κ2) is 12.2. The van der Waals surface area contributed by atoms with E-state index in [-0.39, 0.29) is 27.8 Å². The molecule has 1 aromatic rings. The van der Waals surface area contributed by atoms with Crippen molar-refractivity contribution in [2.24, 2.45) is 5.92 Å². The fourth-order valence-corrected chi connectivity index (χ4v) is 3.30. The van der Waals surface area contributed by atoms with Crippen LogP contribution >= 0.6 is 0 Å². The van der Waals surface area contributed by atoms with E-state index in [2.05, 4.69) is 13.8 Å². The molecule has 0 atom stereocenters. The number of rotatable bonds is 9. The van der Waals surface area contributed by atoms with E-state index in [4.69, 9.17) is 4.74 Å². The number of benzene rings is 1. The van der Waals surface area contributed by atoms with Gasteiger partial charge in [0.15, 0.2) is 16.6 Å². The van der Waals surface area contributed by atoms with E-state index < -0.39 is 9.84 Å². The van der Waals surface area contributed by atoms with Gasteiger partial charge in [0.05, 0.1) is 11.5 Å². The van der Waals surface area contributed by atoms with Gasteiger partial charge in [-0.1, -0.05) is 26.5 Å². The predicted molar refractivity (Wildman–Crippen MR) is 104 cm³/mol. The van der Waals surface area contributed by atoms with Crippen molar-refractivity contribution in [2.45, 2.75) is 57.1 Å². The van der Waals surface area contributed by atoms with Crippen molar-refractivity contribution in [1.29, 1.82) is 0 Å². The molecule has 1 fully saturated rings. The van der Waals surface area contributed by atoms with Crippen LogP contribution in [-0.4, -0.2) is 28.0 Å². The number of hydrogen-bond acceptors (Lipinski definition) is 3. The molecule has 0 unspecified atom stereocenters. The minimum absolute atomic E-state index is 0. The first-order chi connectivity index (χ1) is 11.5. The maximum absolute atomic E-state index is 11.8. The molecular weight excluding hydrogens is 503 g/mol. The van der Waals surface area contributed by atoms with Crippen LogP contribution in [0.2, 0.25) is 12.6 Å². The van der Waals surface area contributed by atoms with Gasteiger partial charge in [-0.05, 0) is 42.4 Å². The molecule has 1 aliphatic carbocycles. The zero-order chi connectivity index (χ0) is 18.2. The molecule has 3 nitrogen and oxygen atoms in total. The van der Waals surface area contributed by atoms with Crippen LogP contribution in [-0.2, 0) is 30.9 Å². The van der Waals surface area contributed by atoms with Gasteiger partial charge < -0.3 is 18.6 Å². The van der Waals surface area contributed by atoms with E-state index in [0.29, 0.717) is 10.8 Å². The number of hydrogen-bond donors (Lipinski definition) is 0. The van der Waals surface area contributed by atoms with Crippen LogP contribution in [0, 0.1) is 19.8 Å².